The Morgan fingerprint density at radius 2 is 1.66 bits per heavy atom. The maximum Gasteiger partial charge on any atom is 0.253 e. The third kappa shape index (κ3) is 11.8. The van der Waals surface area contributed by atoms with E-state index in [0.717, 1.165) is 66.3 Å². The highest BCUT2D eigenvalue weighted by molar-refractivity contribution is 7.13. The van der Waals surface area contributed by atoms with E-state index in [1.165, 1.54) is 4.90 Å². The summed E-state index contributed by atoms with van der Waals surface area (Å²) in [6.07, 6.45) is 4.06. The summed E-state index contributed by atoms with van der Waals surface area (Å²) in [5.74, 6) is 0.114. The second kappa shape index (κ2) is 21.7. The molecule has 0 bridgehead atoms. The minimum Gasteiger partial charge on any atom is -0.489 e. The Labute approximate surface area is 438 Å². The lowest BCUT2D eigenvalue weighted by Gasteiger charge is -2.63. The van der Waals surface area contributed by atoms with Crippen molar-refractivity contribution < 1.29 is 33.8 Å². The standard InChI is InChI=1S/C55H70ClN9O7S/c1-31(33-10-12-34(13-11-33)46-32(2)60-30-73-46)61-49(69)43-24-38(66)29-65(43)50(70)47(53(3,4)5)62-45(67)28-58-37-22-41(23-37)71-39-18-20-64(21-19-39)44-17-15-36(27-59-44)48(68)63-51-54(6,7)52(55(51,8)9)72-40-16-14-35(26-57)42(56)25-40/h10-17,25,27,30-31,37-39,41,43,47,51-52,58,66H,18-24,28-29H2,1-9H3,(H,61,69)(H,62,67)(H,63,68)/t31-,37?,38+,41?,43-,47?,51?,52?/m0/s1. The molecule has 0 radical (unpaired) electrons. The van der Waals surface area contributed by atoms with Crippen LogP contribution in [0.25, 0.3) is 10.4 Å². The van der Waals surface area contributed by atoms with E-state index < -0.39 is 40.3 Å². The quantitative estimate of drug-likeness (QED) is 0.0759. The van der Waals surface area contributed by atoms with Crippen LogP contribution in [0.3, 0.4) is 0 Å². The topological polar surface area (TPSA) is 211 Å². The smallest absolute Gasteiger partial charge is 0.253 e. The Morgan fingerprint density at radius 3 is 2.26 bits per heavy atom. The van der Waals surface area contributed by atoms with Crippen molar-refractivity contribution in [2.24, 2.45) is 16.2 Å². The Balaban J connectivity index is 0.744. The van der Waals surface area contributed by atoms with Crippen LogP contribution in [-0.4, -0.2) is 118 Å². The zero-order valence-corrected chi connectivity index (χ0v) is 44.9. The number of carbonyl (C=O) groups is 4. The minimum absolute atomic E-state index is 0.000197. The molecule has 4 aliphatic rings. The van der Waals surface area contributed by atoms with Gasteiger partial charge in [-0.15, -0.1) is 11.3 Å². The molecule has 5 N–H and O–H groups in total. The van der Waals surface area contributed by atoms with Gasteiger partial charge in [0.05, 0.1) is 63.1 Å². The van der Waals surface area contributed by atoms with Crippen LogP contribution in [0.4, 0.5) is 5.82 Å². The van der Waals surface area contributed by atoms with Gasteiger partial charge in [-0.1, -0.05) is 84.3 Å². The van der Waals surface area contributed by atoms with Crippen LogP contribution in [0.15, 0.2) is 66.3 Å². The SMILES string of the molecule is Cc1ncsc1-c1ccc([C@H](C)NC(=O)[C@@H]2C[C@@H](O)CN2C(=O)C(NC(=O)CNC2CC(OC3CCN(c4ccc(C(=O)NC5C(C)(C)C(Oc6ccc(C#N)c(Cl)c6)C5(C)C)cn4)CC3)C2)C(C)(C)C)cc1. The number of thiazole rings is 1. The monoisotopic (exact) mass is 1040 g/mol. The Bertz CT molecular complexity index is 2670. The third-order valence-electron chi connectivity index (χ3n) is 15.3. The van der Waals surface area contributed by atoms with Gasteiger partial charge in [0.2, 0.25) is 17.7 Å². The number of halogens is 1. The van der Waals surface area contributed by atoms with E-state index in [1.807, 2.05) is 76.5 Å². The molecule has 2 aliphatic heterocycles. The van der Waals surface area contributed by atoms with Crippen molar-refractivity contribution in [3.05, 3.63) is 93.7 Å². The van der Waals surface area contributed by atoms with E-state index in [0.29, 0.717) is 21.9 Å². The molecule has 390 valence electrons. The maximum atomic E-state index is 14.2. The summed E-state index contributed by atoms with van der Waals surface area (Å²) in [6.45, 7) is 19.3. The van der Waals surface area contributed by atoms with Crippen molar-refractivity contribution in [1.82, 2.24) is 36.1 Å². The average Bonchev–Trinajstić information content (AvgIpc) is 3.96. The summed E-state index contributed by atoms with van der Waals surface area (Å²) in [5, 5.41) is 32.8. The number of benzene rings is 2. The van der Waals surface area contributed by atoms with Crippen LogP contribution in [0.1, 0.15) is 121 Å². The summed E-state index contributed by atoms with van der Waals surface area (Å²) in [7, 11) is 0. The van der Waals surface area contributed by atoms with Gasteiger partial charge in [-0.2, -0.15) is 5.26 Å². The van der Waals surface area contributed by atoms with Gasteiger partial charge >= 0.3 is 0 Å². The number of piperidine rings is 1. The number of rotatable bonds is 16. The number of aromatic nitrogens is 2. The van der Waals surface area contributed by atoms with Gasteiger partial charge in [0.25, 0.3) is 5.91 Å². The van der Waals surface area contributed by atoms with E-state index in [1.54, 1.807) is 35.7 Å². The van der Waals surface area contributed by atoms with Crippen LogP contribution in [0.5, 0.6) is 5.75 Å². The van der Waals surface area contributed by atoms with E-state index in [4.69, 9.17) is 21.1 Å². The molecule has 16 nitrogen and oxygen atoms in total. The number of aliphatic hydroxyl groups excluding tert-OH is 1. The van der Waals surface area contributed by atoms with Crippen LogP contribution in [0.2, 0.25) is 5.02 Å². The number of pyridine rings is 1. The number of nitrogens with zero attached hydrogens (tertiary/aromatic N) is 5. The molecule has 4 heterocycles. The number of aryl methyl sites for hydroxylation is 1. The first-order valence-corrected chi connectivity index (χ1v) is 26.6. The molecule has 0 spiro atoms. The van der Waals surface area contributed by atoms with Gasteiger partial charge in [0.15, 0.2) is 0 Å². The first kappa shape index (κ1) is 53.6. The van der Waals surface area contributed by atoms with Crippen LogP contribution >= 0.6 is 22.9 Å². The summed E-state index contributed by atoms with van der Waals surface area (Å²) >= 11 is 7.84. The number of amides is 4. The van der Waals surface area contributed by atoms with Gasteiger partial charge in [0.1, 0.15) is 35.8 Å². The van der Waals surface area contributed by atoms with Crippen molar-refractivity contribution in [1.29, 1.82) is 5.26 Å². The van der Waals surface area contributed by atoms with Gasteiger partial charge in [-0.25, -0.2) is 9.97 Å². The number of β-amino-alcohol motifs (C(OH)–C–C–N with tert-alkyl or cyclic N) is 1. The lowest BCUT2D eigenvalue weighted by molar-refractivity contribution is -0.164. The molecule has 2 saturated carbocycles. The van der Waals surface area contributed by atoms with Crippen LogP contribution in [-0.2, 0) is 19.1 Å². The van der Waals surface area contributed by atoms with Gasteiger partial charge in [-0.05, 0) is 80.3 Å². The highest BCUT2D eigenvalue weighted by atomic mass is 35.5. The first-order valence-electron chi connectivity index (χ1n) is 25.4. The largest absolute Gasteiger partial charge is 0.489 e. The summed E-state index contributed by atoms with van der Waals surface area (Å²) < 4.78 is 12.9. The van der Waals surface area contributed by atoms with Crippen molar-refractivity contribution in [3.8, 4) is 22.3 Å². The number of aliphatic hydroxyl groups is 1. The molecule has 73 heavy (non-hydrogen) atoms. The van der Waals surface area contributed by atoms with Crippen molar-refractivity contribution >= 4 is 52.4 Å². The van der Waals surface area contributed by atoms with E-state index >= 15 is 0 Å². The maximum absolute atomic E-state index is 14.2. The Hall–Kier alpha value is -5.64. The molecule has 1 unspecified atom stereocenters. The number of nitriles is 1. The molecule has 4 aromatic rings. The zero-order chi connectivity index (χ0) is 52.6. The molecule has 8 rings (SSSR count). The van der Waals surface area contributed by atoms with Crippen molar-refractivity contribution in [2.45, 2.75) is 149 Å². The van der Waals surface area contributed by atoms with Crippen LogP contribution < -0.4 is 30.9 Å². The third-order valence-corrected chi connectivity index (χ3v) is 16.6. The molecular formula is C55H70ClN9O7S. The molecule has 2 aromatic carbocycles. The number of likely N-dealkylation sites (tertiary alicyclic amines) is 1. The fraction of sp³-hybridized carbons (Fsp3) is 0.545. The van der Waals surface area contributed by atoms with E-state index in [-0.39, 0.29) is 73.7 Å². The second-order valence-electron chi connectivity index (χ2n) is 22.6. The van der Waals surface area contributed by atoms with Crippen molar-refractivity contribution in [2.75, 3.05) is 31.1 Å². The fourth-order valence-electron chi connectivity index (χ4n) is 11.3. The van der Waals surface area contributed by atoms with Gasteiger partial charge < -0.3 is 45.6 Å². The van der Waals surface area contributed by atoms with E-state index in [9.17, 15) is 29.5 Å². The first-order chi connectivity index (χ1) is 34.5. The van der Waals surface area contributed by atoms with Crippen LogP contribution in [0, 0.1) is 34.5 Å². The summed E-state index contributed by atoms with van der Waals surface area (Å²) in [4.78, 5) is 68.6. The Morgan fingerprint density at radius 1 is 0.959 bits per heavy atom. The molecule has 4 amide bonds. The molecule has 18 heteroatoms. The number of anilines is 1. The fourth-order valence-corrected chi connectivity index (χ4v) is 12.3. The molecule has 2 saturated heterocycles. The molecule has 2 aliphatic carbocycles. The summed E-state index contributed by atoms with van der Waals surface area (Å²) in [6, 6.07) is 16.6. The van der Waals surface area contributed by atoms with Crippen molar-refractivity contribution in [3.63, 3.8) is 0 Å². The number of nitrogens with one attached hydrogen (secondary N) is 4. The summed E-state index contributed by atoms with van der Waals surface area (Å²) in [5.41, 5.74) is 4.16. The molecule has 4 atom stereocenters. The highest BCUT2D eigenvalue weighted by Crippen LogP contribution is 2.55. The zero-order valence-electron chi connectivity index (χ0n) is 43.3. The second-order valence-corrected chi connectivity index (χ2v) is 23.8. The Kier molecular flexibility index (Phi) is 15.9. The predicted octanol–water partition coefficient (Wildman–Crippen LogP) is 7.13. The molecule has 4 fully saturated rings. The normalized spacial score (nSPS) is 24.3. The van der Waals surface area contributed by atoms with Gasteiger partial charge in [0, 0.05) is 61.2 Å². The van der Waals surface area contributed by atoms with Gasteiger partial charge in [-0.3, -0.25) is 19.2 Å². The minimum atomic E-state index is -0.921. The number of carbonyl (C=O) groups excluding carboxylic acids is 4. The molecule has 2 aromatic heterocycles. The number of hydrogen-bond donors (Lipinski definition) is 5. The number of ether oxygens (including phenoxy) is 2. The highest BCUT2D eigenvalue weighted by Gasteiger charge is 2.64. The predicted molar refractivity (Wildman–Crippen MR) is 281 cm³/mol. The lowest BCUT2D eigenvalue weighted by atomic mass is 9.49. The lowest BCUT2D eigenvalue weighted by Crippen LogP contribution is -2.74. The van der Waals surface area contributed by atoms with E-state index in [2.05, 4.69) is 69.9 Å². The molecular weight excluding hydrogens is 966 g/mol. The average molecular weight is 1040 g/mol. The number of hydrogen-bond acceptors (Lipinski definition) is 13.